The maximum Gasteiger partial charge on any atom is 0.121 e. The van der Waals surface area contributed by atoms with Gasteiger partial charge < -0.3 is 27.8 Å². The molecule has 1 saturated heterocycles. The quantitative estimate of drug-likeness (QED) is 0.747. The Hall–Kier alpha value is 0.280. The lowest BCUT2D eigenvalue weighted by Gasteiger charge is -2.44. The molecular weight excluding hydrogens is 386 g/mol. The number of aromatic nitrogens is 1. The molecule has 5 unspecified atom stereocenters. The van der Waals surface area contributed by atoms with E-state index in [0.29, 0.717) is 6.61 Å². The van der Waals surface area contributed by atoms with E-state index in [1.54, 1.807) is 0 Å². The number of nitrogens with one attached hydrogen (secondary N) is 1. The van der Waals surface area contributed by atoms with Gasteiger partial charge in [0, 0.05) is 60.5 Å². The third-order valence-electron chi connectivity index (χ3n) is 4.29. The van der Waals surface area contributed by atoms with E-state index < -0.39 is 0 Å². The standard InChI is InChI=1S/C14H21NO5P4/c21-16-6-10-12(18-22)14(20-24)13(19-23)11(17-10)8-5-15-9-4-2-1-3-7(8)9/h1-5,10-15H,6,21-24H2/t10-,11+,12?,13+,14+/m1/s1. The number of rotatable bonds is 6. The zero-order chi connectivity index (χ0) is 17.1. The number of hydrogen-bond acceptors (Lipinski definition) is 5. The summed E-state index contributed by atoms with van der Waals surface area (Å²) in [6.45, 7) is 0.358. The Morgan fingerprint density at radius 3 is 2.33 bits per heavy atom. The molecule has 132 valence electrons. The zero-order valence-corrected chi connectivity index (χ0v) is 17.5. The summed E-state index contributed by atoms with van der Waals surface area (Å²) in [6, 6.07) is 8.08. The number of H-pyrrole nitrogens is 1. The van der Waals surface area contributed by atoms with Gasteiger partial charge in [0.2, 0.25) is 0 Å². The molecule has 6 nitrogen and oxygen atoms in total. The number of ether oxygens (including phenoxy) is 1. The monoisotopic (exact) mass is 407 g/mol. The molecule has 1 aromatic heterocycles. The van der Waals surface area contributed by atoms with Gasteiger partial charge in [-0.15, -0.1) is 0 Å². The van der Waals surface area contributed by atoms with Crippen molar-refractivity contribution in [1.82, 2.24) is 4.98 Å². The van der Waals surface area contributed by atoms with Gasteiger partial charge in [-0.3, -0.25) is 0 Å². The lowest BCUT2D eigenvalue weighted by Crippen LogP contribution is -2.56. The van der Waals surface area contributed by atoms with Crippen LogP contribution in [0.25, 0.3) is 10.9 Å². The fourth-order valence-electron chi connectivity index (χ4n) is 3.19. The van der Waals surface area contributed by atoms with Gasteiger partial charge in [-0.25, -0.2) is 0 Å². The van der Waals surface area contributed by atoms with Crippen molar-refractivity contribution in [2.45, 2.75) is 30.5 Å². The van der Waals surface area contributed by atoms with Crippen LogP contribution in [0.1, 0.15) is 11.7 Å². The summed E-state index contributed by atoms with van der Waals surface area (Å²) < 4.78 is 28.3. The van der Waals surface area contributed by atoms with Crippen LogP contribution in [0.2, 0.25) is 0 Å². The Morgan fingerprint density at radius 1 is 0.958 bits per heavy atom. The second kappa shape index (κ2) is 8.78. The minimum Gasteiger partial charge on any atom is -0.363 e. The molecule has 0 aliphatic carbocycles. The smallest absolute Gasteiger partial charge is 0.121 e. The van der Waals surface area contributed by atoms with Gasteiger partial charge in [-0.2, -0.15) is 0 Å². The van der Waals surface area contributed by atoms with Gasteiger partial charge in [-0.1, -0.05) is 18.2 Å². The average Bonchev–Trinajstić information content (AvgIpc) is 3.04. The molecule has 3 rings (SSSR count). The molecule has 0 bridgehead atoms. The van der Waals surface area contributed by atoms with Crippen molar-refractivity contribution in [3.63, 3.8) is 0 Å². The molecule has 1 aromatic carbocycles. The minimum atomic E-state index is -0.363. The molecule has 10 heteroatoms. The molecule has 0 saturated carbocycles. The van der Waals surface area contributed by atoms with Gasteiger partial charge in [0.1, 0.15) is 30.5 Å². The van der Waals surface area contributed by atoms with Gasteiger partial charge in [0.25, 0.3) is 0 Å². The van der Waals surface area contributed by atoms with Crippen LogP contribution in [0, 0.1) is 0 Å². The van der Waals surface area contributed by atoms with Crippen LogP contribution in [-0.2, 0) is 22.8 Å². The summed E-state index contributed by atoms with van der Waals surface area (Å²) in [6.07, 6.45) is 0.263. The zero-order valence-electron chi connectivity index (χ0n) is 12.8. The second-order valence-electron chi connectivity index (χ2n) is 5.52. The molecule has 1 aliphatic rings. The highest BCUT2D eigenvalue weighted by atomic mass is 31.0. The van der Waals surface area contributed by atoms with E-state index in [-0.39, 0.29) is 30.5 Å². The van der Waals surface area contributed by atoms with Crippen LogP contribution in [0.15, 0.2) is 30.5 Å². The number of aromatic amines is 1. The molecule has 9 atom stereocenters. The second-order valence-corrected chi connectivity index (χ2v) is 6.67. The Labute approximate surface area is 150 Å². The van der Waals surface area contributed by atoms with Crippen molar-refractivity contribution in [2.75, 3.05) is 6.61 Å². The Morgan fingerprint density at radius 2 is 1.67 bits per heavy atom. The van der Waals surface area contributed by atoms with Crippen molar-refractivity contribution in [2.24, 2.45) is 0 Å². The number of benzene rings is 1. The van der Waals surface area contributed by atoms with Gasteiger partial charge >= 0.3 is 0 Å². The van der Waals surface area contributed by atoms with Crippen LogP contribution in [0.3, 0.4) is 0 Å². The first kappa shape index (κ1) is 19.1. The first-order valence-electron chi connectivity index (χ1n) is 7.34. The highest BCUT2D eigenvalue weighted by Gasteiger charge is 2.48. The summed E-state index contributed by atoms with van der Waals surface area (Å²) in [5, 5.41) is 1.09. The predicted molar refractivity (Wildman–Crippen MR) is 105 cm³/mol. The van der Waals surface area contributed by atoms with Crippen LogP contribution < -0.4 is 0 Å². The first-order chi connectivity index (χ1) is 11.7. The maximum atomic E-state index is 6.29. The number of fused-ring (bicyclic) bond motifs is 1. The van der Waals surface area contributed by atoms with Gasteiger partial charge in [0.15, 0.2) is 0 Å². The molecule has 2 aromatic rings. The molecular formula is C14H21NO5P4. The van der Waals surface area contributed by atoms with Crippen LogP contribution in [0.4, 0.5) is 0 Å². The molecule has 0 amide bonds. The summed E-state index contributed by atoms with van der Waals surface area (Å²) in [5.41, 5.74) is 2.06. The summed E-state index contributed by atoms with van der Waals surface area (Å²) in [5.74, 6) is 0. The van der Waals surface area contributed by atoms with Crippen molar-refractivity contribution in [3.05, 3.63) is 36.0 Å². The Balaban J connectivity index is 2.01. The van der Waals surface area contributed by atoms with E-state index in [0.717, 1.165) is 16.5 Å². The summed E-state index contributed by atoms with van der Waals surface area (Å²) >= 11 is 0. The normalized spacial score (nSPS) is 30.8. The Bertz CT molecular complexity index is 671. The van der Waals surface area contributed by atoms with E-state index in [1.807, 2.05) is 24.4 Å². The van der Waals surface area contributed by atoms with Gasteiger partial charge in [0.05, 0.1) is 6.61 Å². The topological polar surface area (TPSA) is 61.9 Å². The van der Waals surface area contributed by atoms with Crippen LogP contribution in [0.5, 0.6) is 0 Å². The number of para-hydroxylation sites is 1. The third kappa shape index (κ3) is 3.55. The Kier molecular flexibility index (Phi) is 6.97. The van der Waals surface area contributed by atoms with E-state index in [2.05, 4.69) is 48.9 Å². The molecule has 0 spiro atoms. The van der Waals surface area contributed by atoms with Crippen molar-refractivity contribution < 1.29 is 22.8 Å². The predicted octanol–water partition coefficient (Wildman–Crippen LogP) is 2.94. The fraction of sp³-hybridized carbons (Fsp3) is 0.429. The van der Waals surface area contributed by atoms with E-state index in [4.69, 9.17) is 22.8 Å². The minimum absolute atomic E-state index is 0.305. The summed E-state index contributed by atoms with van der Waals surface area (Å²) in [4.78, 5) is 3.28. The van der Waals surface area contributed by atoms with Crippen molar-refractivity contribution in [3.8, 4) is 0 Å². The van der Waals surface area contributed by atoms with Crippen LogP contribution >= 0.6 is 37.9 Å². The molecule has 0 radical (unpaired) electrons. The average molecular weight is 407 g/mol. The molecule has 24 heavy (non-hydrogen) atoms. The largest absolute Gasteiger partial charge is 0.363 e. The first-order valence-corrected chi connectivity index (χ1v) is 9.23. The lowest BCUT2D eigenvalue weighted by molar-refractivity contribution is -0.201. The fourth-order valence-corrected chi connectivity index (χ4v) is 4.32. The van der Waals surface area contributed by atoms with Crippen molar-refractivity contribution >= 4 is 48.8 Å². The van der Waals surface area contributed by atoms with Crippen LogP contribution in [-0.4, -0.2) is 36.0 Å². The maximum absolute atomic E-state index is 6.29. The lowest BCUT2D eigenvalue weighted by atomic mass is 9.91. The highest BCUT2D eigenvalue weighted by Crippen LogP contribution is 2.41. The van der Waals surface area contributed by atoms with Gasteiger partial charge in [-0.05, 0) is 6.07 Å². The molecule has 2 heterocycles. The highest BCUT2D eigenvalue weighted by molar-refractivity contribution is 7.10. The SMILES string of the molecule is POC[C@H]1O[C@@H](c2c[nH]c3ccccc23)[C@H](OP)[C@@H](OP)C1OP. The number of hydrogen-bond donors (Lipinski definition) is 1. The van der Waals surface area contributed by atoms with E-state index in [1.165, 1.54) is 0 Å². The molecule has 1 fully saturated rings. The van der Waals surface area contributed by atoms with E-state index in [9.17, 15) is 0 Å². The summed E-state index contributed by atoms with van der Waals surface area (Å²) in [7, 11) is 9.11. The molecule has 1 N–H and O–H groups in total. The van der Waals surface area contributed by atoms with Crippen molar-refractivity contribution in [1.29, 1.82) is 0 Å². The molecule has 1 aliphatic heterocycles. The third-order valence-corrected chi connectivity index (χ3v) is 5.43. The van der Waals surface area contributed by atoms with E-state index >= 15 is 0 Å².